The van der Waals surface area contributed by atoms with Crippen molar-refractivity contribution >= 4 is 11.6 Å². The summed E-state index contributed by atoms with van der Waals surface area (Å²) in [6.07, 6.45) is 0. The molecule has 1 aliphatic heterocycles. The van der Waals surface area contributed by atoms with E-state index in [1.165, 1.54) is 12.1 Å². The summed E-state index contributed by atoms with van der Waals surface area (Å²) in [5.41, 5.74) is 1.82. The molecule has 0 fully saturated rings. The lowest BCUT2D eigenvalue weighted by molar-refractivity contribution is 0.247. The van der Waals surface area contributed by atoms with Crippen LogP contribution in [-0.4, -0.2) is 13.2 Å². The van der Waals surface area contributed by atoms with E-state index >= 15 is 0 Å². The summed E-state index contributed by atoms with van der Waals surface area (Å²) in [7, 11) is 0. The zero-order chi connectivity index (χ0) is 13.9. The Kier molecular flexibility index (Phi) is 3.79. The summed E-state index contributed by atoms with van der Waals surface area (Å²) >= 11 is 5.81. The number of hydrogen-bond donors (Lipinski definition) is 0. The SMILES string of the molecule is Fc1ccc(OCC2COc3ccccc32)c(CCl)c1. The summed E-state index contributed by atoms with van der Waals surface area (Å²) in [5.74, 6) is 1.66. The average Bonchev–Trinajstić information content (AvgIpc) is 2.89. The Labute approximate surface area is 122 Å². The van der Waals surface area contributed by atoms with E-state index in [1.807, 2.05) is 24.3 Å². The minimum Gasteiger partial charge on any atom is -0.493 e. The number of ether oxygens (including phenoxy) is 2. The topological polar surface area (TPSA) is 18.5 Å². The Balaban J connectivity index is 1.72. The van der Waals surface area contributed by atoms with E-state index in [2.05, 4.69) is 0 Å². The molecule has 0 saturated carbocycles. The van der Waals surface area contributed by atoms with E-state index in [9.17, 15) is 4.39 Å². The van der Waals surface area contributed by atoms with Crippen LogP contribution in [-0.2, 0) is 5.88 Å². The van der Waals surface area contributed by atoms with E-state index in [1.54, 1.807) is 6.07 Å². The Morgan fingerprint density at radius 1 is 1.25 bits per heavy atom. The van der Waals surface area contributed by atoms with Crippen LogP contribution in [0.15, 0.2) is 42.5 Å². The monoisotopic (exact) mass is 292 g/mol. The lowest BCUT2D eigenvalue weighted by Crippen LogP contribution is -2.12. The minimum atomic E-state index is -0.303. The molecule has 2 nitrogen and oxygen atoms in total. The van der Waals surface area contributed by atoms with Crippen molar-refractivity contribution in [3.8, 4) is 11.5 Å². The first-order valence-electron chi connectivity index (χ1n) is 6.47. The molecule has 0 amide bonds. The first-order chi connectivity index (χ1) is 9.78. The molecule has 2 aromatic carbocycles. The molecule has 2 aromatic rings. The summed E-state index contributed by atoms with van der Waals surface area (Å²) in [5, 5.41) is 0. The van der Waals surface area contributed by atoms with Crippen molar-refractivity contribution in [3.05, 3.63) is 59.4 Å². The highest BCUT2D eigenvalue weighted by atomic mass is 35.5. The second-order valence-corrected chi connectivity index (χ2v) is 5.01. The van der Waals surface area contributed by atoms with Gasteiger partial charge in [0.1, 0.15) is 17.3 Å². The van der Waals surface area contributed by atoms with E-state index < -0.39 is 0 Å². The standard InChI is InChI=1S/C16H14ClFO2/c17-8-11-7-13(18)5-6-15(11)19-9-12-10-20-16-4-2-1-3-14(12)16/h1-7,12H,8-10H2. The normalized spacial score (nSPS) is 16.6. The van der Waals surface area contributed by atoms with Gasteiger partial charge in [-0.2, -0.15) is 0 Å². The number of para-hydroxylation sites is 1. The number of benzene rings is 2. The van der Waals surface area contributed by atoms with Crippen LogP contribution < -0.4 is 9.47 Å². The van der Waals surface area contributed by atoms with Gasteiger partial charge in [-0.3, -0.25) is 0 Å². The molecule has 0 aliphatic carbocycles. The molecule has 3 rings (SSSR count). The molecule has 0 bridgehead atoms. The molecule has 1 unspecified atom stereocenters. The molecule has 1 aliphatic rings. The highest BCUT2D eigenvalue weighted by Gasteiger charge is 2.24. The van der Waals surface area contributed by atoms with Crippen molar-refractivity contribution in [3.63, 3.8) is 0 Å². The van der Waals surface area contributed by atoms with Crippen LogP contribution in [0.5, 0.6) is 11.5 Å². The molecule has 20 heavy (non-hydrogen) atoms. The van der Waals surface area contributed by atoms with E-state index in [0.29, 0.717) is 24.5 Å². The van der Waals surface area contributed by atoms with Gasteiger partial charge >= 0.3 is 0 Å². The maximum atomic E-state index is 13.1. The Morgan fingerprint density at radius 3 is 2.95 bits per heavy atom. The molecule has 0 N–H and O–H groups in total. The zero-order valence-electron chi connectivity index (χ0n) is 10.8. The fraction of sp³-hybridized carbons (Fsp3) is 0.250. The van der Waals surface area contributed by atoms with Gasteiger partial charge in [-0.15, -0.1) is 11.6 Å². The number of hydrogen-bond acceptors (Lipinski definition) is 2. The maximum absolute atomic E-state index is 13.1. The highest BCUT2D eigenvalue weighted by molar-refractivity contribution is 6.17. The van der Waals surface area contributed by atoms with Gasteiger partial charge in [0, 0.05) is 11.1 Å². The van der Waals surface area contributed by atoms with Crippen LogP contribution >= 0.6 is 11.6 Å². The van der Waals surface area contributed by atoms with Gasteiger partial charge < -0.3 is 9.47 Å². The Bertz CT molecular complexity index is 615. The van der Waals surface area contributed by atoms with E-state index in [0.717, 1.165) is 11.3 Å². The molecule has 1 atom stereocenters. The van der Waals surface area contributed by atoms with Gasteiger partial charge in [-0.25, -0.2) is 4.39 Å². The summed E-state index contributed by atoms with van der Waals surface area (Å²) in [6.45, 7) is 1.10. The van der Waals surface area contributed by atoms with Crippen LogP contribution in [0.1, 0.15) is 17.0 Å². The summed E-state index contributed by atoms with van der Waals surface area (Å²) in [6, 6.07) is 12.3. The first-order valence-corrected chi connectivity index (χ1v) is 7.00. The number of fused-ring (bicyclic) bond motifs is 1. The average molecular weight is 293 g/mol. The van der Waals surface area contributed by atoms with E-state index in [-0.39, 0.29) is 17.6 Å². The van der Waals surface area contributed by atoms with E-state index in [4.69, 9.17) is 21.1 Å². The van der Waals surface area contributed by atoms with Crippen molar-refractivity contribution in [1.29, 1.82) is 0 Å². The van der Waals surface area contributed by atoms with Crippen LogP contribution in [0, 0.1) is 5.82 Å². The second kappa shape index (κ2) is 5.71. The largest absolute Gasteiger partial charge is 0.493 e. The van der Waals surface area contributed by atoms with Gasteiger partial charge in [0.15, 0.2) is 0 Å². The highest BCUT2D eigenvalue weighted by Crippen LogP contribution is 2.34. The predicted octanol–water partition coefficient (Wildman–Crippen LogP) is 4.12. The number of halogens is 2. The molecule has 0 radical (unpaired) electrons. The Hall–Kier alpha value is -1.74. The summed E-state index contributed by atoms with van der Waals surface area (Å²) in [4.78, 5) is 0. The van der Waals surface area contributed by atoms with Crippen LogP contribution in [0.2, 0.25) is 0 Å². The van der Waals surface area contributed by atoms with Crippen molar-refractivity contribution in [2.75, 3.05) is 13.2 Å². The molecule has 4 heteroatoms. The maximum Gasteiger partial charge on any atom is 0.123 e. The second-order valence-electron chi connectivity index (χ2n) is 4.74. The molecule has 1 heterocycles. The lowest BCUT2D eigenvalue weighted by Gasteiger charge is -2.13. The minimum absolute atomic E-state index is 0.194. The molecular formula is C16H14ClFO2. The third kappa shape index (κ3) is 2.59. The van der Waals surface area contributed by atoms with Crippen LogP contribution in [0.4, 0.5) is 4.39 Å². The fourth-order valence-electron chi connectivity index (χ4n) is 2.35. The van der Waals surface area contributed by atoms with Crippen molar-refractivity contribution < 1.29 is 13.9 Å². The quantitative estimate of drug-likeness (QED) is 0.789. The van der Waals surface area contributed by atoms with Crippen molar-refractivity contribution in [1.82, 2.24) is 0 Å². The Morgan fingerprint density at radius 2 is 2.10 bits per heavy atom. The van der Waals surface area contributed by atoms with Gasteiger partial charge in [0.05, 0.1) is 25.0 Å². The molecule has 0 saturated heterocycles. The molecule has 0 spiro atoms. The molecular weight excluding hydrogens is 279 g/mol. The van der Waals surface area contributed by atoms with Gasteiger partial charge in [-0.1, -0.05) is 18.2 Å². The predicted molar refractivity (Wildman–Crippen MR) is 76.1 cm³/mol. The number of rotatable bonds is 4. The summed E-state index contributed by atoms with van der Waals surface area (Å²) < 4.78 is 24.5. The smallest absolute Gasteiger partial charge is 0.123 e. The van der Waals surface area contributed by atoms with Gasteiger partial charge in [0.25, 0.3) is 0 Å². The number of alkyl halides is 1. The van der Waals surface area contributed by atoms with Crippen molar-refractivity contribution in [2.45, 2.75) is 11.8 Å². The van der Waals surface area contributed by atoms with Crippen molar-refractivity contribution in [2.24, 2.45) is 0 Å². The van der Waals surface area contributed by atoms with Crippen LogP contribution in [0.25, 0.3) is 0 Å². The van der Waals surface area contributed by atoms with Crippen LogP contribution in [0.3, 0.4) is 0 Å². The lowest BCUT2D eigenvalue weighted by atomic mass is 10.0. The molecule has 0 aromatic heterocycles. The first kappa shape index (κ1) is 13.3. The van der Waals surface area contributed by atoms with Gasteiger partial charge in [0.2, 0.25) is 0 Å². The zero-order valence-corrected chi connectivity index (χ0v) is 11.6. The fourth-order valence-corrected chi connectivity index (χ4v) is 2.56. The third-order valence-corrected chi connectivity index (χ3v) is 3.69. The van der Waals surface area contributed by atoms with Gasteiger partial charge in [-0.05, 0) is 24.3 Å². The third-order valence-electron chi connectivity index (χ3n) is 3.41. The molecule has 104 valence electrons.